The van der Waals surface area contributed by atoms with Crippen LogP contribution < -0.4 is 0 Å². The summed E-state index contributed by atoms with van der Waals surface area (Å²) in [5.74, 6) is 0. The van der Waals surface area contributed by atoms with Gasteiger partial charge in [0.25, 0.3) is 0 Å². The largest absolute Gasteiger partial charge is 0.0619 e. The minimum absolute atomic E-state index is 0.107. The maximum Gasteiger partial charge on any atom is 0.0158 e. The minimum Gasteiger partial charge on any atom is -0.0619 e. The van der Waals surface area contributed by atoms with Crippen molar-refractivity contribution in [2.45, 2.75) is 25.7 Å². The quantitative estimate of drug-likeness (QED) is 0.396. The molecule has 0 fully saturated rings. The topological polar surface area (TPSA) is 0 Å². The van der Waals surface area contributed by atoms with E-state index >= 15 is 0 Å². The Kier molecular flexibility index (Phi) is 2.16. The molecule has 0 N–H and O–H groups in total. The number of fused-ring (bicyclic) bond motifs is 6. The summed E-state index contributed by atoms with van der Waals surface area (Å²) in [6, 6.07) is 22.6. The molecule has 0 unspecified atom stereocenters. The zero-order valence-corrected chi connectivity index (χ0v) is 13.0. The Balaban J connectivity index is 1.84. The van der Waals surface area contributed by atoms with Crippen LogP contribution in [-0.2, 0) is 11.8 Å². The monoisotopic (exact) mass is 282 g/mol. The van der Waals surface area contributed by atoms with Crippen LogP contribution in [0.3, 0.4) is 0 Å². The molecule has 2 aliphatic carbocycles. The summed E-state index contributed by atoms with van der Waals surface area (Å²) in [5, 5.41) is 0. The van der Waals surface area contributed by atoms with E-state index in [1.54, 1.807) is 0 Å². The first-order valence-electron chi connectivity index (χ1n) is 8.02. The molecule has 0 aliphatic heterocycles. The molecule has 3 aromatic rings. The van der Waals surface area contributed by atoms with Gasteiger partial charge in [0.15, 0.2) is 0 Å². The Bertz CT molecular complexity index is 929. The summed E-state index contributed by atoms with van der Waals surface area (Å²) in [7, 11) is 0. The third-order valence-electron chi connectivity index (χ3n) is 5.50. The first-order valence-corrected chi connectivity index (χ1v) is 8.02. The van der Waals surface area contributed by atoms with Crippen LogP contribution in [-0.4, -0.2) is 0 Å². The maximum atomic E-state index is 2.46. The number of rotatable bonds is 0. The normalized spacial score (nSPS) is 15.9. The molecule has 0 bridgehead atoms. The van der Waals surface area contributed by atoms with E-state index in [1.165, 1.54) is 44.5 Å². The molecule has 0 spiro atoms. The highest BCUT2D eigenvalue weighted by Gasteiger charge is 2.36. The van der Waals surface area contributed by atoms with E-state index < -0.39 is 0 Å². The summed E-state index contributed by atoms with van der Waals surface area (Å²) < 4.78 is 0. The van der Waals surface area contributed by atoms with Gasteiger partial charge in [0.05, 0.1) is 0 Å². The number of benzene rings is 3. The van der Waals surface area contributed by atoms with E-state index in [0.29, 0.717) is 0 Å². The Morgan fingerprint density at radius 3 is 2.23 bits per heavy atom. The second-order valence-electron chi connectivity index (χ2n) is 7.06. The van der Waals surface area contributed by atoms with Gasteiger partial charge in [-0.05, 0) is 57.0 Å². The van der Waals surface area contributed by atoms with Gasteiger partial charge >= 0.3 is 0 Å². The van der Waals surface area contributed by atoms with Crippen molar-refractivity contribution in [1.29, 1.82) is 0 Å². The predicted molar refractivity (Wildman–Crippen MR) is 92.2 cm³/mol. The molecule has 2 aliphatic rings. The van der Waals surface area contributed by atoms with Gasteiger partial charge in [0.2, 0.25) is 0 Å². The molecular weight excluding hydrogens is 264 g/mol. The van der Waals surface area contributed by atoms with Crippen molar-refractivity contribution in [3.8, 4) is 22.3 Å². The van der Waals surface area contributed by atoms with E-state index in [0.717, 1.165) is 6.42 Å². The first-order chi connectivity index (χ1) is 10.7. The SMILES string of the molecule is CC1(C)c2ccccc2-c2cc3c(cc21)Cc1ccccc1-3. The summed E-state index contributed by atoms with van der Waals surface area (Å²) in [5.41, 5.74) is 11.7. The third kappa shape index (κ3) is 1.38. The lowest BCUT2D eigenvalue weighted by Crippen LogP contribution is -2.15. The highest BCUT2D eigenvalue weighted by atomic mass is 14.4. The zero-order chi connectivity index (χ0) is 14.9. The van der Waals surface area contributed by atoms with Gasteiger partial charge in [0, 0.05) is 5.41 Å². The number of hydrogen-bond donors (Lipinski definition) is 0. The summed E-state index contributed by atoms with van der Waals surface area (Å²) in [4.78, 5) is 0. The molecule has 0 heterocycles. The fourth-order valence-electron chi connectivity index (χ4n) is 4.33. The van der Waals surface area contributed by atoms with E-state index in [9.17, 15) is 0 Å². The molecule has 0 amide bonds. The molecule has 0 saturated carbocycles. The van der Waals surface area contributed by atoms with Crippen molar-refractivity contribution < 1.29 is 0 Å². The van der Waals surface area contributed by atoms with E-state index in [-0.39, 0.29) is 5.41 Å². The molecule has 0 heteroatoms. The molecule has 3 aromatic carbocycles. The van der Waals surface area contributed by atoms with Crippen LogP contribution in [0.5, 0.6) is 0 Å². The molecule has 0 aromatic heterocycles. The second kappa shape index (κ2) is 3.89. The van der Waals surface area contributed by atoms with Crippen LogP contribution in [0.15, 0.2) is 60.7 Å². The second-order valence-corrected chi connectivity index (χ2v) is 7.06. The molecule has 0 radical (unpaired) electrons. The third-order valence-corrected chi connectivity index (χ3v) is 5.50. The van der Waals surface area contributed by atoms with Gasteiger partial charge in [0.1, 0.15) is 0 Å². The molecular formula is C22H18. The van der Waals surface area contributed by atoms with Crippen molar-refractivity contribution in [3.63, 3.8) is 0 Å². The van der Waals surface area contributed by atoms with Crippen LogP contribution in [0.2, 0.25) is 0 Å². The molecule has 5 rings (SSSR count). The van der Waals surface area contributed by atoms with Crippen LogP contribution in [0.1, 0.15) is 36.1 Å². The first kappa shape index (κ1) is 12.2. The lowest BCUT2D eigenvalue weighted by atomic mass is 9.81. The van der Waals surface area contributed by atoms with Gasteiger partial charge in [-0.3, -0.25) is 0 Å². The predicted octanol–water partition coefficient (Wildman–Crippen LogP) is 5.56. The summed E-state index contributed by atoms with van der Waals surface area (Å²) in [6.07, 6.45) is 1.07. The standard InChI is InChI=1S/C22H18/c1-22(2)20-10-6-5-9-17(20)19-13-18-15(12-21(19)22)11-14-7-3-4-8-16(14)18/h3-10,12-13H,11H2,1-2H3. The maximum absolute atomic E-state index is 2.46. The van der Waals surface area contributed by atoms with Gasteiger partial charge in [-0.2, -0.15) is 0 Å². The van der Waals surface area contributed by atoms with Crippen molar-refractivity contribution in [2.24, 2.45) is 0 Å². The van der Waals surface area contributed by atoms with Gasteiger partial charge in [-0.1, -0.05) is 68.4 Å². The molecule has 0 atom stereocenters. The van der Waals surface area contributed by atoms with Crippen molar-refractivity contribution in [2.75, 3.05) is 0 Å². The Morgan fingerprint density at radius 1 is 0.636 bits per heavy atom. The molecule has 106 valence electrons. The van der Waals surface area contributed by atoms with Gasteiger partial charge in [-0.25, -0.2) is 0 Å². The molecule has 22 heavy (non-hydrogen) atoms. The van der Waals surface area contributed by atoms with Crippen LogP contribution in [0, 0.1) is 0 Å². The number of hydrogen-bond acceptors (Lipinski definition) is 0. The van der Waals surface area contributed by atoms with E-state index in [2.05, 4.69) is 74.5 Å². The average molecular weight is 282 g/mol. The van der Waals surface area contributed by atoms with E-state index in [1.807, 2.05) is 0 Å². The van der Waals surface area contributed by atoms with Gasteiger partial charge < -0.3 is 0 Å². The summed E-state index contributed by atoms with van der Waals surface area (Å²) >= 11 is 0. The fourth-order valence-corrected chi connectivity index (χ4v) is 4.33. The Morgan fingerprint density at radius 2 is 1.36 bits per heavy atom. The summed E-state index contributed by atoms with van der Waals surface area (Å²) in [6.45, 7) is 4.71. The Hall–Kier alpha value is -2.34. The zero-order valence-electron chi connectivity index (χ0n) is 13.0. The van der Waals surface area contributed by atoms with E-state index in [4.69, 9.17) is 0 Å². The lowest BCUT2D eigenvalue weighted by Gasteiger charge is -2.22. The van der Waals surface area contributed by atoms with Crippen LogP contribution >= 0.6 is 0 Å². The average Bonchev–Trinajstić information content (AvgIpc) is 3.00. The Labute approximate surface area is 131 Å². The van der Waals surface area contributed by atoms with Crippen LogP contribution in [0.25, 0.3) is 22.3 Å². The van der Waals surface area contributed by atoms with Crippen molar-refractivity contribution in [3.05, 3.63) is 82.9 Å². The minimum atomic E-state index is 0.107. The molecule has 0 nitrogen and oxygen atoms in total. The fraction of sp³-hybridized carbons (Fsp3) is 0.182. The highest BCUT2D eigenvalue weighted by molar-refractivity contribution is 5.88. The van der Waals surface area contributed by atoms with Gasteiger partial charge in [-0.15, -0.1) is 0 Å². The smallest absolute Gasteiger partial charge is 0.0158 e. The van der Waals surface area contributed by atoms with Crippen molar-refractivity contribution >= 4 is 0 Å². The molecule has 0 saturated heterocycles. The van der Waals surface area contributed by atoms with Crippen LogP contribution in [0.4, 0.5) is 0 Å². The lowest BCUT2D eigenvalue weighted by molar-refractivity contribution is 0.659. The highest BCUT2D eigenvalue weighted by Crippen LogP contribution is 2.51. The van der Waals surface area contributed by atoms with Crippen molar-refractivity contribution in [1.82, 2.24) is 0 Å².